The van der Waals surface area contributed by atoms with Gasteiger partial charge >= 0.3 is 6.18 Å². The second kappa shape index (κ2) is 7.67. The molecule has 3 heterocycles. The average molecular weight is 446 g/mol. The molecule has 0 aliphatic carbocycles. The Morgan fingerprint density at radius 2 is 1.93 bits per heavy atom. The SMILES string of the molecule is COc1ccc(-c2ccc(=O)n(CCCCBr)n2)c2nc(C(F)(F)F)nn12. The van der Waals surface area contributed by atoms with Crippen LogP contribution < -0.4 is 10.3 Å². The van der Waals surface area contributed by atoms with Gasteiger partial charge in [0.1, 0.15) is 0 Å². The monoisotopic (exact) mass is 445 g/mol. The van der Waals surface area contributed by atoms with Gasteiger partial charge in [-0.15, -0.1) is 5.10 Å². The van der Waals surface area contributed by atoms with Crippen molar-refractivity contribution >= 4 is 21.6 Å². The summed E-state index contributed by atoms with van der Waals surface area (Å²) in [5.74, 6) is -1.18. The van der Waals surface area contributed by atoms with E-state index in [4.69, 9.17) is 4.74 Å². The Balaban J connectivity index is 2.13. The van der Waals surface area contributed by atoms with E-state index >= 15 is 0 Å². The third-order valence-electron chi connectivity index (χ3n) is 3.81. The van der Waals surface area contributed by atoms with Gasteiger partial charge in [0.25, 0.3) is 11.4 Å². The molecule has 11 heteroatoms. The van der Waals surface area contributed by atoms with Crippen LogP contribution in [0.15, 0.2) is 29.1 Å². The van der Waals surface area contributed by atoms with Crippen molar-refractivity contribution in [3.63, 3.8) is 0 Å². The normalized spacial score (nSPS) is 11.9. The van der Waals surface area contributed by atoms with Crippen molar-refractivity contribution in [2.24, 2.45) is 0 Å². The van der Waals surface area contributed by atoms with Crippen LogP contribution in [-0.4, -0.2) is 36.8 Å². The molecule has 0 spiro atoms. The van der Waals surface area contributed by atoms with Gasteiger partial charge in [-0.05, 0) is 25.0 Å². The van der Waals surface area contributed by atoms with Gasteiger partial charge in [0.2, 0.25) is 5.88 Å². The number of rotatable bonds is 6. The van der Waals surface area contributed by atoms with Crippen LogP contribution in [0.25, 0.3) is 16.9 Å². The first-order chi connectivity index (χ1) is 12.8. The van der Waals surface area contributed by atoms with Crippen molar-refractivity contribution in [3.05, 3.63) is 40.4 Å². The molecule has 0 unspecified atom stereocenters. The van der Waals surface area contributed by atoms with E-state index in [1.165, 1.54) is 30.0 Å². The number of methoxy groups -OCH3 is 1. The Labute approximate surface area is 159 Å². The lowest BCUT2D eigenvalue weighted by Crippen LogP contribution is -2.22. The molecular formula is C16H15BrF3N5O2. The Hall–Kier alpha value is -2.43. The minimum atomic E-state index is -4.70. The summed E-state index contributed by atoms with van der Waals surface area (Å²) in [6.07, 6.45) is -3.09. The summed E-state index contributed by atoms with van der Waals surface area (Å²) in [4.78, 5) is 15.6. The molecule has 144 valence electrons. The van der Waals surface area contributed by atoms with Gasteiger partial charge < -0.3 is 4.74 Å². The molecule has 3 aromatic heterocycles. The topological polar surface area (TPSA) is 74.3 Å². The van der Waals surface area contributed by atoms with Crippen LogP contribution in [-0.2, 0) is 12.7 Å². The standard InChI is InChI=1S/C16H15BrF3N5O2/c1-27-13-7-4-10(14-21-15(16(18,19)20)23-25(13)14)11-5-6-12(26)24(22-11)9-3-2-8-17/h4-7H,2-3,8-9H2,1H3. The van der Waals surface area contributed by atoms with Crippen molar-refractivity contribution in [1.29, 1.82) is 0 Å². The first-order valence-electron chi connectivity index (χ1n) is 8.00. The van der Waals surface area contributed by atoms with E-state index in [-0.39, 0.29) is 17.1 Å². The number of halogens is 4. The second-order valence-electron chi connectivity index (χ2n) is 5.63. The maximum Gasteiger partial charge on any atom is 0.453 e. The number of unbranched alkanes of at least 4 members (excludes halogenated alkanes) is 1. The summed E-state index contributed by atoms with van der Waals surface area (Å²) in [7, 11) is 1.33. The predicted octanol–water partition coefficient (Wildman–Crippen LogP) is 3.16. The van der Waals surface area contributed by atoms with E-state index in [1.54, 1.807) is 6.07 Å². The van der Waals surface area contributed by atoms with Crippen LogP contribution in [0.1, 0.15) is 18.7 Å². The highest BCUT2D eigenvalue weighted by atomic mass is 79.9. The minimum Gasteiger partial charge on any atom is -0.481 e. The summed E-state index contributed by atoms with van der Waals surface area (Å²) in [5.41, 5.74) is 0.297. The number of alkyl halides is 4. The van der Waals surface area contributed by atoms with Gasteiger partial charge in [0.15, 0.2) is 5.65 Å². The molecule has 0 radical (unpaired) electrons. The summed E-state index contributed by atoms with van der Waals surface area (Å²) in [6, 6.07) is 5.79. The van der Waals surface area contributed by atoms with Crippen LogP contribution in [0.3, 0.4) is 0 Å². The van der Waals surface area contributed by atoms with Gasteiger partial charge in [-0.2, -0.15) is 22.8 Å². The zero-order valence-corrected chi connectivity index (χ0v) is 15.8. The Morgan fingerprint density at radius 3 is 2.59 bits per heavy atom. The zero-order chi connectivity index (χ0) is 19.6. The van der Waals surface area contributed by atoms with E-state index in [2.05, 4.69) is 31.1 Å². The molecule has 0 aliphatic heterocycles. The third kappa shape index (κ3) is 3.97. The van der Waals surface area contributed by atoms with Crippen molar-refractivity contribution in [3.8, 4) is 17.1 Å². The van der Waals surface area contributed by atoms with E-state index in [0.29, 0.717) is 17.8 Å². The molecule has 0 fully saturated rings. The van der Waals surface area contributed by atoms with Crippen molar-refractivity contribution in [1.82, 2.24) is 24.4 Å². The number of aryl methyl sites for hydroxylation is 1. The fraction of sp³-hybridized carbons (Fsp3) is 0.375. The minimum absolute atomic E-state index is 0.0557. The van der Waals surface area contributed by atoms with Crippen molar-refractivity contribution in [2.45, 2.75) is 25.6 Å². The largest absolute Gasteiger partial charge is 0.481 e. The molecule has 7 nitrogen and oxygen atoms in total. The smallest absolute Gasteiger partial charge is 0.453 e. The molecule has 3 rings (SSSR count). The number of pyridine rings is 1. The van der Waals surface area contributed by atoms with E-state index in [9.17, 15) is 18.0 Å². The maximum absolute atomic E-state index is 13.0. The number of ether oxygens (including phenoxy) is 1. The van der Waals surface area contributed by atoms with Gasteiger partial charge in [0, 0.05) is 29.6 Å². The van der Waals surface area contributed by atoms with Crippen LogP contribution in [0.4, 0.5) is 13.2 Å². The summed E-state index contributed by atoms with van der Waals surface area (Å²) < 4.78 is 46.5. The summed E-state index contributed by atoms with van der Waals surface area (Å²) in [6.45, 7) is 0.408. The third-order valence-corrected chi connectivity index (χ3v) is 4.37. The number of aromatic nitrogens is 5. The number of hydrogen-bond donors (Lipinski definition) is 0. The average Bonchev–Trinajstić information content (AvgIpc) is 3.08. The fourth-order valence-corrected chi connectivity index (χ4v) is 2.92. The first-order valence-corrected chi connectivity index (χ1v) is 9.13. The lowest BCUT2D eigenvalue weighted by atomic mass is 10.2. The number of fused-ring (bicyclic) bond motifs is 1. The van der Waals surface area contributed by atoms with E-state index in [1.807, 2.05) is 0 Å². The second-order valence-corrected chi connectivity index (χ2v) is 6.43. The van der Waals surface area contributed by atoms with Gasteiger partial charge in [-0.25, -0.2) is 9.67 Å². The first kappa shape index (κ1) is 19.3. The fourth-order valence-electron chi connectivity index (χ4n) is 2.52. The van der Waals surface area contributed by atoms with Gasteiger partial charge in [0.05, 0.1) is 12.8 Å². The predicted molar refractivity (Wildman–Crippen MR) is 95.1 cm³/mol. The molecule has 0 saturated carbocycles. The molecule has 0 amide bonds. The van der Waals surface area contributed by atoms with Gasteiger partial charge in [-0.1, -0.05) is 15.9 Å². The van der Waals surface area contributed by atoms with Crippen LogP contribution in [0.5, 0.6) is 5.88 Å². The molecule has 0 N–H and O–H groups in total. The molecule has 0 aromatic carbocycles. The van der Waals surface area contributed by atoms with E-state index in [0.717, 1.165) is 22.7 Å². The summed E-state index contributed by atoms with van der Waals surface area (Å²) >= 11 is 3.32. The Bertz CT molecular complexity index is 1020. The molecule has 0 aliphatic rings. The molecule has 27 heavy (non-hydrogen) atoms. The van der Waals surface area contributed by atoms with Crippen LogP contribution in [0, 0.1) is 0 Å². The molecule has 0 saturated heterocycles. The highest BCUT2D eigenvalue weighted by Gasteiger charge is 2.37. The highest BCUT2D eigenvalue weighted by molar-refractivity contribution is 9.09. The van der Waals surface area contributed by atoms with Crippen molar-refractivity contribution < 1.29 is 17.9 Å². The van der Waals surface area contributed by atoms with Crippen LogP contribution in [0.2, 0.25) is 0 Å². The number of hydrogen-bond acceptors (Lipinski definition) is 5. The Kier molecular flexibility index (Phi) is 5.49. The molecule has 3 aromatic rings. The summed E-state index contributed by atoms with van der Waals surface area (Å²) in [5, 5.41) is 8.58. The number of nitrogens with zero attached hydrogens (tertiary/aromatic N) is 5. The molecular weight excluding hydrogens is 431 g/mol. The highest BCUT2D eigenvalue weighted by Crippen LogP contribution is 2.31. The van der Waals surface area contributed by atoms with E-state index < -0.39 is 12.0 Å². The quantitative estimate of drug-likeness (QED) is 0.430. The maximum atomic E-state index is 13.0. The van der Waals surface area contributed by atoms with Crippen LogP contribution >= 0.6 is 15.9 Å². The molecule has 0 atom stereocenters. The lowest BCUT2D eigenvalue weighted by Gasteiger charge is -2.09. The zero-order valence-electron chi connectivity index (χ0n) is 14.2. The molecule has 0 bridgehead atoms. The van der Waals surface area contributed by atoms with Gasteiger partial charge in [-0.3, -0.25) is 4.79 Å². The Morgan fingerprint density at radius 1 is 1.15 bits per heavy atom. The van der Waals surface area contributed by atoms with Crippen molar-refractivity contribution in [2.75, 3.05) is 12.4 Å². The lowest BCUT2D eigenvalue weighted by molar-refractivity contribution is -0.144.